The summed E-state index contributed by atoms with van der Waals surface area (Å²) in [5, 5.41) is 3.09. The first-order chi connectivity index (χ1) is 8.93. The first kappa shape index (κ1) is 16.2. The van der Waals surface area contributed by atoms with Crippen LogP contribution in [0.15, 0.2) is 28.7 Å². The van der Waals surface area contributed by atoms with Crippen LogP contribution < -0.4 is 5.32 Å². The van der Waals surface area contributed by atoms with Gasteiger partial charge in [0.05, 0.1) is 12.6 Å². The molecule has 1 N–H and O–H groups in total. The van der Waals surface area contributed by atoms with Crippen molar-refractivity contribution in [1.29, 1.82) is 0 Å². The van der Waals surface area contributed by atoms with E-state index in [-0.39, 0.29) is 11.9 Å². The van der Waals surface area contributed by atoms with Crippen LogP contribution >= 0.6 is 15.9 Å². The summed E-state index contributed by atoms with van der Waals surface area (Å²) in [5.41, 5.74) is 1.14. The Morgan fingerprint density at radius 1 is 1.32 bits per heavy atom. The zero-order valence-corrected chi connectivity index (χ0v) is 13.7. The average Bonchev–Trinajstić information content (AvgIpc) is 2.37. The first-order valence-electron chi connectivity index (χ1n) is 6.69. The quantitative estimate of drug-likeness (QED) is 0.869. The first-order valence-corrected chi connectivity index (χ1v) is 7.48. The lowest BCUT2D eigenvalue weighted by atomic mass is 10.0. The van der Waals surface area contributed by atoms with Crippen LogP contribution in [-0.4, -0.2) is 30.4 Å². The highest BCUT2D eigenvalue weighted by molar-refractivity contribution is 9.10. The van der Waals surface area contributed by atoms with E-state index in [1.54, 1.807) is 0 Å². The molecule has 0 fully saturated rings. The van der Waals surface area contributed by atoms with Gasteiger partial charge in [0.15, 0.2) is 0 Å². The predicted molar refractivity (Wildman–Crippen MR) is 83.1 cm³/mol. The van der Waals surface area contributed by atoms with E-state index >= 15 is 0 Å². The van der Waals surface area contributed by atoms with Crippen LogP contribution in [0.4, 0.5) is 0 Å². The molecule has 1 aromatic carbocycles. The molecular weight excluding hydrogens is 304 g/mol. The van der Waals surface area contributed by atoms with Gasteiger partial charge in [0.25, 0.3) is 0 Å². The molecule has 3 nitrogen and oxygen atoms in total. The minimum atomic E-state index is 0.0750. The van der Waals surface area contributed by atoms with Crippen molar-refractivity contribution in [3.63, 3.8) is 0 Å². The number of carbonyl (C=O) groups excluding carboxylic acids is 1. The van der Waals surface area contributed by atoms with Gasteiger partial charge in [0.2, 0.25) is 5.91 Å². The van der Waals surface area contributed by atoms with Gasteiger partial charge in [0, 0.05) is 10.5 Å². The molecule has 106 valence electrons. The zero-order valence-electron chi connectivity index (χ0n) is 12.1. The maximum absolute atomic E-state index is 12.0. The molecule has 0 heterocycles. The molecular formula is C15H23BrN2O. The molecule has 4 heteroatoms. The molecule has 1 rings (SSSR count). The van der Waals surface area contributed by atoms with Gasteiger partial charge in [-0.25, -0.2) is 0 Å². The zero-order chi connectivity index (χ0) is 14.4. The monoisotopic (exact) mass is 326 g/mol. The van der Waals surface area contributed by atoms with E-state index in [1.807, 2.05) is 36.2 Å². The second-order valence-electron chi connectivity index (χ2n) is 5.09. The topological polar surface area (TPSA) is 32.3 Å². The van der Waals surface area contributed by atoms with E-state index < -0.39 is 0 Å². The molecule has 0 saturated carbocycles. The standard InChI is InChI=1S/C15H23BrN2O/c1-5-14(12-6-8-13(16)9-7-12)17-15(19)10-18(4)11(2)3/h6-9,11,14H,5,10H2,1-4H3,(H,17,19). The lowest BCUT2D eigenvalue weighted by Gasteiger charge is -2.23. The van der Waals surface area contributed by atoms with E-state index in [4.69, 9.17) is 0 Å². The van der Waals surface area contributed by atoms with Crippen molar-refractivity contribution in [3.8, 4) is 0 Å². The van der Waals surface area contributed by atoms with Gasteiger partial charge < -0.3 is 5.32 Å². The molecule has 19 heavy (non-hydrogen) atoms. The number of nitrogens with one attached hydrogen (secondary N) is 1. The Balaban J connectivity index is 2.62. The van der Waals surface area contributed by atoms with Crippen molar-refractivity contribution in [2.24, 2.45) is 0 Å². The summed E-state index contributed by atoms with van der Waals surface area (Å²) in [6.07, 6.45) is 0.888. The number of halogens is 1. The number of hydrogen-bond donors (Lipinski definition) is 1. The summed E-state index contributed by atoms with van der Waals surface area (Å²) < 4.78 is 1.05. The Morgan fingerprint density at radius 3 is 2.37 bits per heavy atom. The van der Waals surface area contributed by atoms with E-state index in [0.717, 1.165) is 16.5 Å². The highest BCUT2D eigenvalue weighted by atomic mass is 79.9. The molecule has 0 aliphatic carbocycles. The molecule has 0 spiro atoms. The van der Waals surface area contributed by atoms with Gasteiger partial charge in [-0.2, -0.15) is 0 Å². The summed E-state index contributed by atoms with van der Waals surface area (Å²) in [4.78, 5) is 14.0. The highest BCUT2D eigenvalue weighted by Gasteiger charge is 2.15. The average molecular weight is 327 g/mol. The van der Waals surface area contributed by atoms with E-state index in [1.165, 1.54) is 0 Å². The number of amides is 1. The number of hydrogen-bond acceptors (Lipinski definition) is 2. The van der Waals surface area contributed by atoms with Gasteiger partial charge in [-0.15, -0.1) is 0 Å². The molecule has 0 radical (unpaired) electrons. The lowest BCUT2D eigenvalue weighted by Crippen LogP contribution is -2.39. The van der Waals surface area contributed by atoms with Crippen LogP contribution in [0.1, 0.15) is 38.8 Å². The summed E-state index contributed by atoms with van der Waals surface area (Å²) in [5.74, 6) is 0.0750. The molecule has 0 bridgehead atoms. The third-order valence-electron chi connectivity index (χ3n) is 3.29. The molecule has 1 amide bonds. The third-order valence-corrected chi connectivity index (χ3v) is 3.82. The number of benzene rings is 1. The fraction of sp³-hybridized carbons (Fsp3) is 0.533. The summed E-state index contributed by atoms with van der Waals surface area (Å²) in [6.45, 7) is 6.68. The number of rotatable bonds is 6. The Hall–Kier alpha value is -0.870. The van der Waals surface area contributed by atoms with Crippen molar-refractivity contribution in [2.45, 2.75) is 39.3 Å². The summed E-state index contributed by atoms with van der Waals surface area (Å²) in [6, 6.07) is 8.56. The molecule has 1 unspecified atom stereocenters. The largest absolute Gasteiger partial charge is 0.348 e. The van der Waals surface area contributed by atoms with Gasteiger partial charge in [-0.1, -0.05) is 35.0 Å². The van der Waals surface area contributed by atoms with Crippen LogP contribution in [0.3, 0.4) is 0 Å². The molecule has 0 aromatic heterocycles. The minimum absolute atomic E-state index is 0.0750. The lowest BCUT2D eigenvalue weighted by molar-refractivity contribution is -0.123. The van der Waals surface area contributed by atoms with Crippen molar-refractivity contribution in [1.82, 2.24) is 10.2 Å². The highest BCUT2D eigenvalue weighted by Crippen LogP contribution is 2.19. The number of carbonyl (C=O) groups is 1. The van der Waals surface area contributed by atoms with Crippen molar-refractivity contribution >= 4 is 21.8 Å². The fourth-order valence-corrected chi connectivity index (χ4v) is 2.03. The number of nitrogens with zero attached hydrogens (tertiary/aromatic N) is 1. The summed E-state index contributed by atoms with van der Waals surface area (Å²) in [7, 11) is 1.96. The van der Waals surface area contributed by atoms with E-state index in [2.05, 4.69) is 42.0 Å². The maximum atomic E-state index is 12.0. The van der Waals surface area contributed by atoms with Crippen molar-refractivity contribution < 1.29 is 4.79 Å². The maximum Gasteiger partial charge on any atom is 0.234 e. The van der Waals surface area contributed by atoms with Gasteiger partial charge in [-0.3, -0.25) is 9.69 Å². The molecule has 0 aliphatic heterocycles. The van der Waals surface area contributed by atoms with Crippen LogP contribution in [0.2, 0.25) is 0 Å². The Labute approximate surface area is 124 Å². The molecule has 0 saturated heterocycles. The fourth-order valence-electron chi connectivity index (χ4n) is 1.77. The van der Waals surface area contributed by atoms with Crippen molar-refractivity contribution in [2.75, 3.05) is 13.6 Å². The van der Waals surface area contributed by atoms with Crippen LogP contribution in [-0.2, 0) is 4.79 Å². The van der Waals surface area contributed by atoms with Crippen LogP contribution in [0.25, 0.3) is 0 Å². The molecule has 1 atom stereocenters. The second-order valence-corrected chi connectivity index (χ2v) is 6.00. The Bertz CT molecular complexity index is 403. The van der Waals surface area contributed by atoms with Crippen molar-refractivity contribution in [3.05, 3.63) is 34.3 Å². The smallest absolute Gasteiger partial charge is 0.234 e. The third kappa shape index (κ3) is 5.33. The van der Waals surface area contributed by atoms with Crippen LogP contribution in [0.5, 0.6) is 0 Å². The van der Waals surface area contributed by atoms with E-state index in [0.29, 0.717) is 12.6 Å². The van der Waals surface area contributed by atoms with Gasteiger partial charge in [0.1, 0.15) is 0 Å². The second kappa shape index (κ2) is 7.65. The summed E-state index contributed by atoms with van der Waals surface area (Å²) >= 11 is 3.42. The molecule has 1 aromatic rings. The van der Waals surface area contributed by atoms with Crippen LogP contribution in [0, 0.1) is 0 Å². The number of likely N-dealkylation sites (N-methyl/N-ethyl adjacent to an activating group) is 1. The van der Waals surface area contributed by atoms with Gasteiger partial charge >= 0.3 is 0 Å². The minimum Gasteiger partial charge on any atom is -0.348 e. The predicted octanol–water partition coefficient (Wildman–Crippen LogP) is 3.36. The van der Waals surface area contributed by atoms with E-state index in [9.17, 15) is 4.79 Å². The molecule has 0 aliphatic rings. The Kier molecular flexibility index (Phi) is 6.52. The Morgan fingerprint density at radius 2 is 1.89 bits per heavy atom. The normalized spacial score (nSPS) is 12.8. The van der Waals surface area contributed by atoms with Gasteiger partial charge in [-0.05, 0) is 45.0 Å². The SMILES string of the molecule is CCC(NC(=O)CN(C)C(C)C)c1ccc(Br)cc1.